The van der Waals surface area contributed by atoms with Gasteiger partial charge in [0.05, 0.1) is 0 Å². The Kier molecular flexibility index (Phi) is 4.74. The molecule has 1 saturated heterocycles. The van der Waals surface area contributed by atoms with E-state index in [1.54, 1.807) is 11.8 Å². The summed E-state index contributed by atoms with van der Waals surface area (Å²) in [5, 5.41) is 11.7. The number of carboxylic acid groups (broad SMARTS) is 1. The average Bonchev–Trinajstić information content (AvgIpc) is 3.16. The molecule has 1 aliphatic rings. The molecule has 5 nitrogen and oxygen atoms in total. The average molecular weight is 338 g/mol. The van der Waals surface area contributed by atoms with Crippen molar-refractivity contribution < 1.29 is 14.7 Å². The number of rotatable bonds is 4. The van der Waals surface area contributed by atoms with Gasteiger partial charge in [-0.25, -0.2) is 4.79 Å². The Bertz CT molecular complexity index is 752. The summed E-state index contributed by atoms with van der Waals surface area (Å²) in [5.74, 6) is -0.195. The van der Waals surface area contributed by atoms with E-state index in [0.717, 1.165) is 24.0 Å². The lowest BCUT2D eigenvalue weighted by atomic mass is 9.89. The Morgan fingerprint density at radius 2 is 1.52 bits per heavy atom. The minimum Gasteiger partial charge on any atom is -0.465 e. The second-order valence-corrected chi connectivity index (χ2v) is 6.50. The van der Waals surface area contributed by atoms with Gasteiger partial charge in [0.15, 0.2) is 0 Å². The molecule has 0 aromatic heterocycles. The maximum absolute atomic E-state index is 13.0. The monoisotopic (exact) mass is 338 g/mol. The van der Waals surface area contributed by atoms with Gasteiger partial charge in [-0.1, -0.05) is 54.6 Å². The highest BCUT2D eigenvalue weighted by atomic mass is 16.4. The number of carbonyl (C=O) groups is 2. The topological polar surface area (TPSA) is 69.6 Å². The highest BCUT2D eigenvalue weighted by Gasteiger charge is 2.40. The van der Waals surface area contributed by atoms with E-state index in [-0.39, 0.29) is 5.91 Å². The van der Waals surface area contributed by atoms with E-state index >= 15 is 0 Å². The van der Waals surface area contributed by atoms with Crippen molar-refractivity contribution in [1.82, 2.24) is 10.2 Å². The van der Waals surface area contributed by atoms with Crippen LogP contribution in [0.3, 0.4) is 0 Å². The van der Waals surface area contributed by atoms with Crippen LogP contribution in [0.2, 0.25) is 0 Å². The van der Waals surface area contributed by atoms with Crippen LogP contribution in [-0.4, -0.2) is 35.1 Å². The van der Waals surface area contributed by atoms with Gasteiger partial charge in [0.2, 0.25) is 0 Å². The third-order valence-corrected chi connectivity index (χ3v) is 4.75. The minimum atomic E-state index is -1.29. The Morgan fingerprint density at radius 1 is 0.960 bits per heavy atom. The number of nitrogens with one attached hydrogen (secondary N) is 1. The third kappa shape index (κ3) is 3.50. The van der Waals surface area contributed by atoms with Gasteiger partial charge in [-0.05, 0) is 36.5 Å². The largest absolute Gasteiger partial charge is 0.465 e. The summed E-state index contributed by atoms with van der Waals surface area (Å²) >= 11 is 0. The molecule has 0 aliphatic carbocycles. The summed E-state index contributed by atoms with van der Waals surface area (Å²) < 4.78 is 0. The summed E-state index contributed by atoms with van der Waals surface area (Å²) in [6.45, 7) is 2.99. The maximum Gasteiger partial charge on any atom is 0.405 e. The Morgan fingerprint density at radius 3 is 2.08 bits per heavy atom. The highest BCUT2D eigenvalue weighted by Crippen LogP contribution is 2.28. The van der Waals surface area contributed by atoms with Crippen LogP contribution in [-0.2, 0) is 10.3 Å². The van der Waals surface area contributed by atoms with Crippen LogP contribution in [0.25, 0.3) is 11.1 Å². The van der Waals surface area contributed by atoms with Gasteiger partial charge in [-0.15, -0.1) is 0 Å². The number of hydrogen-bond donors (Lipinski definition) is 2. The molecule has 1 fully saturated rings. The highest BCUT2D eigenvalue weighted by molar-refractivity contribution is 5.91. The van der Waals surface area contributed by atoms with Crippen molar-refractivity contribution >= 4 is 12.0 Å². The number of carbonyl (C=O) groups excluding carboxylic acids is 1. The van der Waals surface area contributed by atoms with Crippen molar-refractivity contribution in [3.8, 4) is 11.1 Å². The molecule has 1 aliphatic heterocycles. The van der Waals surface area contributed by atoms with Crippen LogP contribution < -0.4 is 5.32 Å². The van der Waals surface area contributed by atoms with Crippen molar-refractivity contribution in [3.05, 3.63) is 60.2 Å². The molecular formula is C20H22N2O3. The van der Waals surface area contributed by atoms with Gasteiger partial charge < -0.3 is 15.3 Å². The number of likely N-dealkylation sites (tertiary alicyclic amines) is 1. The van der Waals surface area contributed by atoms with Crippen molar-refractivity contribution in [1.29, 1.82) is 0 Å². The number of benzene rings is 2. The fourth-order valence-electron chi connectivity index (χ4n) is 3.33. The molecule has 1 heterocycles. The smallest absolute Gasteiger partial charge is 0.405 e. The molecule has 25 heavy (non-hydrogen) atoms. The van der Waals surface area contributed by atoms with Crippen molar-refractivity contribution in [3.63, 3.8) is 0 Å². The minimum absolute atomic E-state index is 0.195. The summed E-state index contributed by atoms with van der Waals surface area (Å²) in [6, 6.07) is 17.4. The predicted molar refractivity (Wildman–Crippen MR) is 96.2 cm³/mol. The van der Waals surface area contributed by atoms with Crippen molar-refractivity contribution in [2.75, 3.05) is 13.1 Å². The Labute approximate surface area is 147 Å². The van der Waals surface area contributed by atoms with Gasteiger partial charge in [0.25, 0.3) is 5.91 Å². The van der Waals surface area contributed by atoms with Crippen LogP contribution in [0.15, 0.2) is 54.6 Å². The van der Waals surface area contributed by atoms with Crippen LogP contribution in [0.5, 0.6) is 0 Å². The molecule has 2 aromatic rings. The zero-order valence-electron chi connectivity index (χ0n) is 14.2. The lowest BCUT2D eigenvalue weighted by Crippen LogP contribution is -2.54. The Balaban J connectivity index is 1.93. The zero-order valence-corrected chi connectivity index (χ0v) is 14.2. The first-order valence-corrected chi connectivity index (χ1v) is 8.47. The molecule has 5 heteroatoms. The summed E-state index contributed by atoms with van der Waals surface area (Å²) in [5.41, 5.74) is 1.46. The Hall–Kier alpha value is -2.82. The van der Waals surface area contributed by atoms with E-state index in [0.29, 0.717) is 18.7 Å². The number of hydrogen-bond acceptors (Lipinski definition) is 2. The summed E-state index contributed by atoms with van der Waals surface area (Å²) in [7, 11) is 0. The number of amides is 2. The molecule has 2 amide bonds. The molecule has 1 atom stereocenters. The predicted octanol–water partition coefficient (Wildman–Crippen LogP) is 3.46. The van der Waals surface area contributed by atoms with E-state index in [1.165, 1.54) is 0 Å². The van der Waals surface area contributed by atoms with Crippen molar-refractivity contribution in [2.24, 2.45) is 0 Å². The first-order chi connectivity index (χ1) is 12.0. The normalized spacial score (nSPS) is 16.3. The lowest BCUT2D eigenvalue weighted by Gasteiger charge is -2.33. The molecule has 0 spiro atoms. The quantitative estimate of drug-likeness (QED) is 0.897. The van der Waals surface area contributed by atoms with E-state index in [1.807, 2.05) is 54.6 Å². The first-order valence-electron chi connectivity index (χ1n) is 8.47. The number of nitrogens with zero attached hydrogens (tertiary/aromatic N) is 1. The molecule has 3 rings (SSSR count). The van der Waals surface area contributed by atoms with E-state index < -0.39 is 11.6 Å². The van der Waals surface area contributed by atoms with Gasteiger partial charge in [-0.3, -0.25) is 4.79 Å². The van der Waals surface area contributed by atoms with E-state index in [9.17, 15) is 14.7 Å². The van der Waals surface area contributed by atoms with Gasteiger partial charge in [0.1, 0.15) is 5.54 Å². The fourth-order valence-corrected chi connectivity index (χ4v) is 3.33. The van der Waals surface area contributed by atoms with Crippen LogP contribution in [0.4, 0.5) is 4.79 Å². The zero-order chi connectivity index (χ0) is 17.9. The summed E-state index contributed by atoms with van der Waals surface area (Å²) in [4.78, 5) is 26.0. The molecular weight excluding hydrogens is 316 g/mol. The third-order valence-electron chi connectivity index (χ3n) is 4.75. The second-order valence-electron chi connectivity index (χ2n) is 6.50. The van der Waals surface area contributed by atoms with E-state index in [4.69, 9.17) is 0 Å². The molecule has 0 radical (unpaired) electrons. The molecule has 0 saturated carbocycles. The van der Waals surface area contributed by atoms with Crippen LogP contribution in [0.1, 0.15) is 25.3 Å². The van der Waals surface area contributed by atoms with Gasteiger partial charge in [-0.2, -0.15) is 0 Å². The summed E-state index contributed by atoms with van der Waals surface area (Å²) in [6.07, 6.45) is 0.714. The van der Waals surface area contributed by atoms with Gasteiger partial charge in [0, 0.05) is 13.1 Å². The SMILES string of the molecule is CC(NC(=O)O)(C(=O)N1CCCC1)c1ccc(-c2ccccc2)cc1. The van der Waals surface area contributed by atoms with Crippen LogP contribution >= 0.6 is 0 Å². The molecule has 2 N–H and O–H groups in total. The standard InChI is InChI=1S/C20H22N2O3/c1-20(21-19(24)25,18(23)22-13-5-6-14-22)17-11-9-16(10-12-17)15-7-3-2-4-8-15/h2-4,7-12,21H,5-6,13-14H2,1H3,(H,24,25). The molecule has 0 bridgehead atoms. The fraction of sp³-hybridized carbons (Fsp3) is 0.300. The van der Waals surface area contributed by atoms with Crippen molar-refractivity contribution in [2.45, 2.75) is 25.3 Å². The second kappa shape index (κ2) is 6.97. The maximum atomic E-state index is 13.0. The van der Waals surface area contributed by atoms with Crippen LogP contribution in [0, 0.1) is 0 Å². The molecule has 1 unspecified atom stereocenters. The molecule has 2 aromatic carbocycles. The van der Waals surface area contributed by atoms with E-state index in [2.05, 4.69) is 5.32 Å². The first kappa shape index (κ1) is 17.0. The molecule has 130 valence electrons. The lowest BCUT2D eigenvalue weighted by molar-refractivity contribution is -0.136. The van der Waals surface area contributed by atoms with Gasteiger partial charge >= 0.3 is 6.09 Å².